The van der Waals surface area contributed by atoms with Gasteiger partial charge in [-0.15, -0.1) is 0 Å². The van der Waals surface area contributed by atoms with Crippen molar-refractivity contribution >= 4 is 120 Å². The fourth-order valence-electron chi connectivity index (χ4n) is 10.1. The zero-order valence-electron chi connectivity index (χ0n) is 50.6. The normalized spacial score (nSPS) is 21.7. The number of aromatic hydroxyl groups is 1. The molecule has 2 heterocycles. The van der Waals surface area contributed by atoms with Gasteiger partial charge in [0.1, 0.15) is 60.1 Å². The molecular weight excluding hydrogens is 1350 g/mol. The minimum atomic E-state index is -1.77. The van der Waals surface area contributed by atoms with Crippen molar-refractivity contribution in [3.63, 3.8) is 0 Å². The number of aromatic nitrogens is 1. The van der Waals surface area contributed by atoms with E-state index in [0.717, 1.165) is 21.6 Å². The fourth-order valence-corrected chi connectivity index (χ4v) is 13.0. The lowest BCUT2D eigenvalue weighted by atomic mass is 10.00. The standard InChI is InChI=1S/C64H76IN13O13S2/c1-35(79)54-62(88)74-48(28-37-14-6-3-7-15-37)58(84)76-52(63(89)90)34-93-92-33-51(75-59(85)49(77-64(68)91)30-39-21-24-53(80)43(65)26-39)61(87)72-46(27-36-12-4-2-5-13-36)56(82)71-47(29-38-19-22-41(67)23-20-38)57(83)73-50(31-40-32-69-44-17-9-8-16-42(40)44)60(86)70-45(55(81)78-54)18-10-11-25-66/h2-9,12-17,19-24,26,32,35,45-52,54,69,79-80H,10-11,18,25,27-31,33-34,66-67H2,1H3,(H,70,86)(H,71,82)(H,72,87)(H,73,83)(H,74,88)(H,75,85)(H,76,84)(H,78,81)(H,89,90)(H3,68,77,91)/t35-,45+,46+,47+,48+,49+,50+,51+,52+,54-/m1/s1. The highest BCUT2D eigenvalue weighted by atomic mass is 127. The minimum absolute atomic E-state index is 0.0433. The molecule has 494 valence electrons. The number of rotatable bonds is 19. The number of carbonyl (C=O) groups excluding carboxylic acids is 9. The first kappa shape index (κ1) is 71.5. The number of carboxylic acid groups (broad SMARTS) is 1. The topological polar surface area (TPSA) is 434 Å². The number of halogens is 1. The molecule has 1 aliphatic heterocycles. The number of carbonyl (C=O) groups is 10. The molecule has 1 fully saturated rings. The van der Waals surface area contributed by atoms with Gasteiger partial charge < -0.3 is 85.4 Å². The summed E-state index contributed by atoms with van der Waals surface area (Å²) in [6.07, 6.45) is -0.319. The monoisotopic (exact) mass is 1430 g/mol. The van der Waals surface area contributed by atoms with E-state index in [4.69, 9.17) is 17.2 Å². The molecular formula is C64H76IN13O13S2. The van der Waals surface area contributed by atoms with Gasteiger partial charge in [-0.2, -0.15) is 0 Å². The Morgan fingerprint density at radius 1 is 0.613 bits per heavy atom. The molecule has 10 amide bonds. The number of benzene rings is 5. The number of carboxylic acids is 1. The highest BCUT2D eigenvalue weighted by Gasteiger charge is 2.38. The van der Waals surface area contributed by atoms with Crippen molar-refractivity contribution in [1.82, 2.24) is 52.8 Å². The summed E-state index contributed by atoms with van der Waals surface area (Å²) in [4.78, 5) is 147. The Morgan fingerprint density at radius 3 is 1.69 bits per heavy atom. The number of primary amides is 1. The van der Waals surface area contributed by atoms with Crippen LogP contribution in [-0.2, 0) is 75.3 Å². The predicted molar refractivity (Wildman–Crippen MR) is 360 cm³/mol. The Bertz CT molecular complexity index is 3590. The summed E-state index contributed by atoms with van der Waals surface area (Å²) in [6, 6.07) is 20.0. The maximum absolute atomic E-state index is 15.2. The number of aromatic amines is 1. The van der Waals surface area contributed by atoms with Gasteiger partial charge in [0.15, 0.2) is 0 Å². The van der Waals surface area contributed by atoms with Gasteiger partial charge in [0, 0.05) is 66.4 Å². The van der Waals surface area contributed by atoms with Crippen molar-refractivity contribution in [3.8, 4) is 5.75 Å². The third-order valence-corrected chi connectivity index (χ3v) is 18.4. The number of nitrogens with two attached hydrogens (primary N) is 3. The third kappa shape index (κ3) is 21.9. The first-order valence-electron chi connectivity index (χ1n) is 29.8. The van der Waals surface area contributed by atoms with Gasteiger partial charge in [-0.3, -0.25) is 38.4 Å². The Morgan fingerprint density at radius 2 is 1.12 bits per heavy atom. The van der Waals surface area contributed by atoms with E-state index in [2.05, 4.69) is 52.8 Å². The molecule has 29 heteroatoms. The number of aliphatic hydroxyl groups excluding tert-OH is 1. The number of unbranched alkanes of at least 4 members (excludes halogenated alkanes) is 1. The molecule has 26 nitrogen and oxygen atoms in total. The number of anilines is 1. The number of aliphatic hydroxyl groups is 1. The zero-order chi connectivity index (χ0) is 67.1. The van der Waals surface area contributed by atoms with E-state index < -0.39 is 120 Å². The summed E-state index contributed by atoms with van der Waals surface area (Å²) < 4.78 is 0.427. The Balaban J connectivity index is 1.32. The van der Waals surface area contributed by atoms with Crippen LogP contribution in [0.4, 0.5) is 10.5 Å². The number of aliphatic carboxylic acids is 1. The van der Waals surface area contributed by atoms with Crippen LogP contribution in [-0.4, -0.2) is 158 Å². The first-order valence-corrected chi connectivity index (χ1v) is 33.4. The van der Waals surface area contributed by atoms with Crippen LogP contribution in [0.1, 0.15) is 54.0 Å². The zero-order valence-corrected chi connectivity index (χ0v) is 54.4. The predicted octanol–water partition coefficient (Wildman–Crippen LogP) is 1.48. The largest absolute Gasteiger partial charge is 0.507 e. The number of phenolic OH excluding ortho intramolecular Hbond substituents is 1. The second kappa shape index (κ2) is 35.2. The summed E-state index contributed by atoms with van der Waals surface area (Å²) in [5.74, 6) is -9.77. The number of H-pyrrole nitrogens is 1. The number of hydrogen-bond acceptors (Lipinski definition) is 16. The SMILES string of the molecule is C[C@@H](O)[C@H]1NC(=O)[C@H](CCCCN)NC(=O)[C@H](Cc2c[nH]c3ccccc23)NC(=O)[C@H](Cc2ccc(N)cc2)NC(=O)[C@H](Cc2ccccc2)NC(=O)[C@@H](NC(=O)[C@H](Cc2ccc(O)c(I)c2)NC(N)=O)CSSC[C@@H](C(=O)O)NC(=O)[C@H](Cc2ccccc2)NC1=O. The van der Waals surface area contributed by atoms with E-state index in [1.165, 1.54) is 19.1 Å². The third-order valence-electron chi connectivity index (χ3n) is 15.1. The number of para-hydroxylation sites is 1. The number of hydrogen-bond donors (Lipinski definition) is 16. The highest BCUT2D eigenvalue weighted by Crippen LogP contribution is 2.26. The molecule has 19 N–H and O–H groups in total. The Hall–Kier alpha value is -8.91. The summed E-state index contributed by atoms with van der Waals surface area (Å²) in [5.41, 5.74) is 21.2. The number of urea groups is 1. The van der Waals surface area contributed by atoms with Crippen molar-refractivity contribution in [1.29, 1.82) is 0 Å². The molecule has 0 saturated carbocycles. The molecule has 10 atom stereocenters. The first-order chi connectivity index (χ1) is 44.5. The van der Waals surface area contributed by atoms with Crippen molar-refractivity contribution < 1.29 is 63.3 Å². The van der Waals surface area contributed by atoms with Gasteiger partial charge in [-0.25, -0.2) is 9.59 Å². The lowest BCUT2D eigenvalue weighted by Crippen LogP contribution is -2.62. The van der Waals surface area contributed by atoms with E-state index in [0.29, 0.717) is 54.4 Å². The molecule has 0 bridgehead atoms. The highest BCUT2D eigenvalue weighted by molar-refractivity contribution is 14.1. The summed E-state index contributed by atoms with van der Waals surface area (Å²) in [7, 11) is 1.77. The Labute approximate surface area is 557 Å². The number of nitrogens with one attached hydrogen (secondary N) is 10. The molecule has 1 saturated heterocycles. The van der Waals surface area contributed by atoms with Crippen LogP contribution in [0.2, 0.25) is 0 Å². The van der Waals surface area contributed by atoms with E-state index in [-0.39, 0.29) is 68.7 Å². The molecule has 7 rings (SSSR count). The lowest BCUT2D eigenvalue weighted by Gasteiger charge is -2.29. The van der Waals surface area contributed by atoms with Crippen LogP contribution >= 0.6 is 44.2 Å². The molecule has 5 aromatic carbocycles. The van der Waals surface area contributed by atoms with Crippen LogP contribution < -0.4 is 65.1 Å². The average Bonchev–Trinajstić information content (AvgIpc) is 1.84. The molecule has 93 heavy (non-hydrogen) atoms. The van der Waals surface area contributed by atoms with Crippen molar-refractivity contribution in [2.75, 3.05) is 23.8 Å². The number of amides is 10. The number of phenols is 1. The van der Waals surface area contributed by atoms with E-state index >= 15 is 19.2 Å². The van der Waals surface area contributed by atoms with Crippen LogP contribution in [0.5, 0.6) is 5.75 Å². The molecule has 0 radical (unpaired) electrons. The summed E-state index contributed by atoms with van der Waals surface area (Å²) in [5, 5.41) is 56.4. The van der Waals surface area contributed by atoms with Gasteiger partial charge in [0.2, 0.25) is 47.3 Å². The fraction of sp³-hybridized carbons (Fsp3) is 0.344. The molecule has 0 aliphatic carbocycles. The van der Waals surface area contributed by atoms with Crippen molar-refractivity contribution in [2.24, 2.45) is 11.5 Å². The summed E-state index contributed by atoms with van der Waals surface area (Å²) in [6.45, 7) is 1.43. The second-order valence-electron chi connectivity index (χ2n) is 22.3. The Kier molecular flexibility index (Phi) is 27.1. The number of fused-ring (bicyclic) bond motifs is 1. The van der Waals surface area contributed by atoms with Gasteiger partial charge in [0.25, 0.3) is 0 Å². The quantitative estimate of drug-likeness (QED) is 0.0236. The maximum Gasteiger partial charge on any atom is 0.327 e. The van der Waals surface area contributed by atoms with Gasteiger partial charge in [0.05, 0.1) is 9.67 Å². The molecule has 1 aromatic heterocycles. The van der Waals surface area contributed by atoms with E-state index in [1.54, 1.807) is 115 Å². The smallest absolute Gasteiger partial charge is 0.327 e. The van der Waals surface area contributed by atoms with E-state index in [9.17, 15) is 44.1 Å². The van der Waals surface area contributed by atoms with Crippen molar-refractivity contribution in [2.45, 2.75) is 119 Å². The second-order valence-corrected chi connectivity index (χ2v) is 26.0. The van der Waals surface area contributed by atoms with Crippen molar-refractivity contribution in [3.05, 3.63) is 165 Å². The minimum Gasteiger partial charge on any atom is -0.507 e. The summed E-state index contributed by atoms with van der Waals surface area (Å²) >= 11 is 1.89. The molecule has 0 spiro atoms. The lowest BCUT2D eigenvalue weighted by molar-refractivity contribution is -0.141. The van der Waals surface area contributed by atoms with Gasteiger partial charge in [-0.1, -0.05) is 119 Å². The number of nitrogen functional groups attached to an aromatic ring is 1. The van der Waals surface area contributed by atoms with Crippen LogP contribution in [0.15, 0.2) is 134 Å². The maximum atomic E-state index is 15.2. The van der Waals surface area contributed by atoms with Gasteiger partial charge in [-0.05, 0) is 113 Å². The van der Waals surface area contributed by atoms with Gasteiger partial charge >= 0.3 is 12.0 Å². The van der Waals surface area contributed by atoms with Crippen LogP contribution in [0.3, 0.4) is 0 Å². The van der Waals surface area contributed by atoms with Crippen LogP contribution in [0, 0.1) is 3.57 Å². The molecule has 6 aromatic rings. The molecule has 0 unspecified atom stereocenters. The van der Waals surface area contributed by atoms with Crippen LogP contribution in [0.25, 0.3) is 10.9 Å². The molecule has 1 aliphatic rings. The van der Waals surface area contributed by atoms with E-state index in [1.807, 2.05) is 28.7 Å². The average molecular weight is 1430 g/mol.